The number of halogens is 2. The van der Waals surface area contributed by atoms with Gasteiger partial charge in [-0.15, -0.1) is 0 Å². The average Bonchev–Trinajstić information content (AvgIpc) is 2.78. The van der Waals surface area contributed by atoms with E-state index in [2.05, 4.69) is 15.1 Å². The summed E-state index contributed by atoms with van der Waals surface area (Å²) >= 11 is 0. The minimum Gasteiger partial charge on any atom is -0.390 e. The van der Waals surface area contributed by atoms with Crippen LogP contribution in [-0.2, 0) is 4.79 Å². The number of carbonyl (C=O) groups is 1. The predicted molar refractivity (Wildman–Crippen MR) is 88.8 cm³/mol. The van der Waals surface area contributed by atoms with Gasteiger partial charge in [0, 0.05) is 18.9 Å². The molecule has 0 unspecified atom stereocenters. The highest BCUT2D eigenvalue weighted by atomic mass is 19.3. The third kappa shape index (κ3) is 3.61. The first-order chi connectivity index (χ1) is 11.6. The molecule has 132 valence electrons. The zero-order valence-electron chi connectivity index (χ0n) is 13.9. The number of nitrogens with one attached hydrogen (secondary N) is 1. The van der Waals surface area contributed by atoms with Crippen molar-refractivity contribution in [2.45, 2.75) is 50.7 Å². The number of hydrogen-bond acceptors (Lipinski definition) is 3. The van der Waals surface area contributed by atoms with Crippen LogP contribution in [-0.4, -0.2) is 32.1 Å². The van der Waals surface area contributed by atoms with E-state index >= 15 is 0 Å². The van der Waals surface area contributed by atoms with E-state index in [1.807, 2.05) is 0 Å². The summed E-state index contributed by atoms with van der Waals surface area (Å²) in [4.78, 5) is 19.8. The van der Waals surface area contributed by atoms with Gasteiger partial charge in [0.25, 0.3) is 5.92 Å². The van der Waals surface area contributed by atoms with Crippen molar-refractivity contribution in [3.05, 3.63) is 29.6 Å². The fourth-order valence-electron chi connectivity index (χ4n) is 2.98. The SMILES string of the molecule is [C-]#[N+]c1ccc2nc(NC(=O)CC(C)(C)O)n(C3CC(F)(F)C3)c2c1. The van der Waals surface area contributed by atoms with E-state index in [0.717, 1.165) is 0 Å². The number of amides is 1. The lowest BCUT2D eigenvalue weighted by Gasteiger charge is -2.36. The summed E-state index contributed by atoms with van der Waals surface area (Å²) < 4.78 is 28.2. The lowest BCUT2D eigenvalue weighted by atomic mass is 9.88. The van der Waals surface area contributed by atoms with Gasteiger partial charge >= 0.3 is 0 Å². The van der Waals surface area contributed by atoms with Crippen molar-refractivity contribution in [1.82, 2.24) is 9.55 Å². The fraction of sp³-hybridized carbons (Fsp3) is 0.471. The van der Waals surface area contributed by atoms with Gasteiger partial charge in [-0.25, -0.2) is 18.6 Å². The van der Waals surface area contributed by atoms with Gasteiger partial charge in [0.15, 0.2) is 5.69 Å². The smallest absolute Gasteiger partial charge is 0.252 e. The summed E-state index contributed by atoms with van der Waals surface area (Å²) in [5, 5.41) is 12.4. The van der Waals surface area contributed by atoms with Gasteiger partial charge in [0.1, 0.15) is 0 Å². The maximum Gasteiger partial charge on any atom is 0.252 e. The highest BCUT2D eigenvalue weighted by Gasteiger charge is 2.47. The van der Waals surface area contributed by atoms with E-state index in [1.165, 1.54) is 13.8 Å². The molecule has 0 saturated heterocycles. The summed E-state index contributed by atoms with van der Waals surface area (Å²) in [6.45, 7) is 10.1. The molecule has 1 aromatic heterocycles. The molecule has 1 fully saturated rings. The number of alkyl halides is 2. The number of hydrogen-bond donors (Lipinski definition) is 2. The standard InChI is InChI=1S/C17H18F2N4O2/c1-16(2,25)9-14(24)22-15-21-12-5-4-10(20-3)6-13(12)23(15)11-7-17(18,19)8-11/h4-6,11,25H,7-9H2,1-2H3,(H,21,22,24). The van der Waals surface area contributed by atoms with E-state index in [1.54, 1.807) is 22.8 Å². The predicted octanol–water partition coefficient (Wildman–Crippen LogP) is 3.66. The topological polar surface area (TPSA) is 71.5 Å². The molecule has 6 nitrogen and oxygen atoms in total. The molecule has 1 amide bonds. The molecule has 2 aromatic rings. The highest BCUT2D eigenvalue weighted by Crippen LogP contribution is 2.48. The number of carbonyl (C=O) groups excluding carboxylic acids is 1. The van der Waals surface area contributed by atoms with Crippen molar-refractivity contribution in [2.24, 2.45) is 0 Å². The summed E-state index contributed by atoms with van der Waals surface area (Å²) in [6.07, 6.45) is -0.825. The minimum absolute atomic E-state index is 0.148. The van der Waals surface area contributed by atoms with Gasteiger partial charge in [0.05, 0.1) is 29.6 Å². The summed E-state index contributed by atoms with van der Waals surface area (Å²) in [5.74, 6) is -3.03. The molecule has 25 heavy (non-hydrogen) atoms. The first kappa shape index (κ1) is 17.3. The van der Waals surface area contributed by atoms with Crippen LogP contribution < -0.4 is 5.32 Å². The van der Waals surface area contributed by atoms with E-state index in [0.29, 0.717) is 16.7 Å². The van der Waals surface area contributed by atoms with Crippen molar-refractivity contribution in [1.29, 1.82) is 0 Å². The Balaban J connectivity index is 1.99. The molecule has 0 aliphatic heterocycles. The second kappa shape index (κ2) is 5.77. The number of rotatable bonds is 4. The van der Waals surface area contributed by atoms with Crippen LogP contribution in [0.1, 0.15) is 39.2 Å². The molecule has 3 rings (SSSR count). The zero-order chi connectivity index (χ0) is 18.4. The quantitative estimate of drug-likeness (QED) is 0.829. The lowest BCUT2D eigenvalue weighted by Crippen LogP contribution is -2.38. The molecule has 1 aliphatic carbocycles. The summed E-state index contributed by atoms with van der Waals surface area (Å²) in [7, 11) is 0. The Hall–Kier alpha value is -2.53. The second-order valence-electron chi connectivity index (χ2n) is 7.05. The molecule has 2 N–H and O–H groups in total. The van der Waals surface area contributed by atoms with E-state index < -0.39 is 23.5 Å². The maximum atomic E-state index is 13.3. The number of aliphatic hydroxyl groups is 1. The monoisotopic (exact) mass is 348 g/mol. The van der Waals surface area contributed by atoms with Crippen LogP contribution in [0, 0.1) is 6.57 Å². The average molecular weight is 348 g/mol. The summed E-state index contributed by atoms with van der Waals surface area (Å²) in [5.41, 5.74) is 0.227. The molecule has 0 radical (unpaired) electrons. The van der Waals surface area contributed by atoms with Crippen LogP contribution in [0.25, 0.3) is 15.9 Å². The third-order valence-corrected chi connectivity index (χ3v) is 4.08. The number of imidazole rings is 1. The Morgan fingerprint density at radius 1 is 1.52 bits per heavy atom. The Labute approximate surface area is 143 Å². The molecule has 8 heteroatoms. The van der Waals surface area contributed by atoms with Crippen LogP contribution in [0.3, 0.4) is 0 Å². The van der Waals surface area contributed by atoms with Crippen molar-refractivity contribution in [3.8, 4) is 0 Å². The van der Waals surface area contributed by atoms with Crippen LogP contribution in [0.2, 0.25) is 0 Å². The van der Waals surface area contributed by atoms with Gasteiger partial charge in [-0.3, -0.25) is 10.1 Å². The fourth-order valence-corrected chi connectivity index (χ4v) is 2.98. The number of aromatic nitrogens is 2. The number of benzene rings is 1. The third-order valence-electron chi connectivity index (χ3n) is 4.08. The zero-order valence-corrected chi connectivity index (χ0v) is 13.9. The molecule has 1 aliphatic rings. The molecule has 1 saturated carbocycles. The lowest BCUT2D eigenvalue weighted by molar-refractivity contribution is -0.120. The largest absolute Gasteiger partial charge is 0.390 e. The Morgan fingerprint density at radius 2 is 2.20 bits per heavy atom. The maximum absolute atomic E-state index is 13.3. The molecule has 1 heterocycles. The molecular formula is C17H18F2N4O2. The van der Waals surface area contributed by atoms with Gasteiger partial charge in [-0.2, -0.15) is 0 Å². The van der Waals surface area contributed by atoms with Gasteiger partial charge in [0.2, 0.25) is 11.9 Å². The van der Waals surface area contributed by atoms with E-state index in [9.17, 15) is 18.7 Å². The Kier molecular flexibility index (Phi) is 4.00. The molecule has 0 atom stereocenters. The highest BCUT2D eigenvalue weighted by molar-refractivity contribution is 5.92. The van der Waals surface area contributed by atoms with Gasteiger partial charge in [-0.1, -0.05) is 6.07 Å². The number of anilines is 1. The van der Waals surface area contributed by atoms with E-state index in [4.69, 9.17) is 6.57 Å². The number of nitrogens with zero attached hydrogens (tertiary/aromatic N) is 3. The van der Waals surface area contributed by atoms with Crippen molar-refractivity contribution in [3.63, 3.8) is 0 Å². The van der Waals surface area contributed by atoms with Gasteiger partial charge in [-0.05, 0) is 26.0 Å². The molecule has 0 bridgehead atoms. The first-order valence-corrected chi connectivity index (χ1v) is 7.87. The molecule has 0 spiro atoms. The minimum atomic E-state index is -2.73. The van der Waals surface area contributed by atoms with Crippen molar-refractivity contribution >= 4 is 28.6 Å². The Bertz CT molecular complexity index is 869. The van der Waals surface area contributed by atoms with E-state index in [-0.39, 0.29) is 25.2 Å². The Morgan fingerprint density at radius 3 is 2.76 bits per heavy atom. The van der Waals surface area contributed by atoms with Crippen LogP contribution in [0.15, 0.2) is 18.2 Å². The van der Waals surface area contributed by atoms with Crippen LogP contribution >= 0.6 is 0 Å². The first-order valence-electron chi connectivity index (χ1n) is 7.87. The molecule has 1 aromatic carbocycles. The number of fused-ring (bicyclic) bond motifs is 1. The second-order valence-corrected chi connectivity index (χ2v) is 7.05. The van der Waals surface area contributed by atoms with Crippen molar-refractivity contribution < 1.29 is 18.7 Å². The van der Waals surface area contributed by atoms with Gasteiger partial charge < -0.3 is 9.67 Å². The van der Waals surface area contributed by atoms with Crippen LogP contribution in [0.4, 0.5) is 20.4 Å². The normalized spacial score (nSPS) is 17.1. The van der Waals surface area contributed by atoms with Crippen LogP contribution in [0.5, 0.6) is 0 Å². The molecular weight excluding hydrogens is 330 g/mol. The summed E-state index contributed by atoms with van der Waals surface area (Å²) in [6, 6.07) is 4.29. The van der Waals surface area contributed by atoms with Crippen molar-refractivity contribution in [2.75, 3.05) is 5.32 Å².